The fraction of sp³-hybridized carbons (Fsp3) is 0.417. The number of hydrogen-bond donors (Lipinski definition) is 1. The summed E-state index contributed by atoms with van der Waals surface area (Å²) in [6.07, 6.45) is 2.82. The van der Waals surface area contributed by atoms with Crippen LogP contribution in [0.1, 0.15) is 42.1 Å². The van der Waals surface area contributed by atoms with Crippen LogP contribution in [0.5, 0.6) is 5.75 Å². The van der Waals surface area contributed by atoms with E-state index in [9.17, 15) is 14.0 Å². The van der Waals surface area contributed by atoms with Crippen LogP contribution in [0.3, 0.4) is 0 Å². The Labute approximate surface area is 181 Å². The first-order valence-electron chi connectivity index (χ1n) is 10.9. The molecule has 2 aromatic carbocycles. The zero-order chi connectivity index (χ0) is 21.6. The van der Waals surface area contributed by atoms with Crippen LogP contribution in [0.25, 0.3) is 0 Å². The van der Waals surface area contributed by atoms with Crippen LogP contribution in [0.4, 0.5) is 10.1 Å². The van der Waals surface area contributed by atoms with Crippen molar-refractivity contribution in [3.05, 3.63) is 59.4 Å². The Balaban J connectivity index is 1.26. The van der Waals surface area contributed by atoms with E-state index in [1.165, 1.54) is 12.1 Å². The highest BCUT2D eigenvalue weighted by molar-refractivity contribution is 5.98. The smallest absolute Gasteiger partial charge is 0.258 e. The molecule has 0 aromatic heterocycles. The molecule has 0 radical (unpaired) electrons. The average molecular weight is 423 g/mol. The molecule has 6 nitrogen and oxygen atoms in total. The first-order valence-corrected chi connectivity index (χ1v) is 10.9. The van der Waals surface area contributed by atoms with E-state index in [0.29, 0.717) is 43.8 Å². The minimum absolute atomic E-state index is 0.0231. The molecule has 31 heavy (non-hydrogen) atoms. The van der Waals surface area contributed by atoms with Crippen molar-refractivity contribution in [3.8, 4) is 5.75 Å². The van der Waals surface area contributed by atoms with Crippen molar-refractivity contribution in [1.29, 1.82) is 0 Å². The van der Waals surface area contributed by atoms with Crippen molar-refractivity contribution in [2.24, 2.45) is 0 Å². The fourth-order valence-corrected chi connectivity index (χ4v) is 4.92. The highest BCUT2D eigenvalue weighted by Gasteiger charge is 2.43. The number of amides is 2. The van der Waals surface area contributed by atoms with Crippen LogP contribution in [-0.2, 0) is 11.2 Å². The zero-order valence-corrected chi connectivity index (χ0v) is 17.6. The summed E-state index contributed by atoms with van der Waals surface area (Å²) in [6, 6.07) is 12.0. The predicted octanol–water partition coefficient (Wildman–Crippen LogP) is 3.11. The van der Waals surface area contributed by atoms with Gasteiger partial charge in [0, 0.05) is 37.7 Å². The molecule has 1 atom stereocenters. The minimum atomic E-state index is -0.715. The van der Waals surface area contributed by atoms with Gasteiger partial charge >= 0.3 is 0 Å². The fourth-order valence-electron chi connectivity index (χ4n) is 4.92. The van der Waals surface area contributed by atoms with E-state index in [4.69, 9.17) is 4.74 Å². The number of piperidine rings is 1. The van der Waals surface area contributed by atoms with Crippen LogP contribution in [0, 0.1) is 5.82 Å². The third-order valence-corrected chi connectivity index (χ3v) is 6.64. The lowest BCUT2D eigenvalue weighted by Crippen LogP contribution is -2.61. The largest absolute Gasteiger partial charge is 0.467 e. The van der Waals surface area contributed by atoms with Gasteiger partial charge in [-0.2, -0.15) is 0 Å². The molecule has 0 bridgehead atoms. The van der Waals surface area contributed by atoms with Crippen LogP contribution in [0.15, 0.2) is 42.5 Å². The predicted molar refractivity (Wildman–Crippen MR) is 115 cm³/mol. The number of fused-ring (bicyclic) bond motifs is 2. The normalized spacial score (nSPS) is 22.3. The van der Waals surface area contributed by atoms with Gasteiger partial charge in [0.2, 0.25) is 5.91 Å². The third kappa shape index (κ3) is 3.67. The molecule has 2 aromatic rings. The zero-order valence-electron chi connectivity index (χ0n) is 17.6. The molecule has 3 aliphatic heterocycles. The van der Waals surface area contributed by atoms with Crippen molar-refractivity contribution in [2.75, 3.05) is 24.5 Å². The van der Waals surface area contributed by atoms with Crippen LogP contribution >= 0.6 is 0 Å². The number of rotatable bonds is 2. The number of halogens is 1. The molecule has 162 valence electrons. The first kappa shape index (κ1) is 20.0. The maximum absolute atomic E-state index is 13.6. The standard InChI is InChI=1S/C24H26FN3O3/c1-16-6-7-17-14-18(25)8-9-20(17)28(16)22(29)15-27-12-10-24(11-13-27)26-23(30)19-4-2-3-5-21(19)31-24/h2-5,8-9,14,16H,6-7,10-13,15H2,1H3,(H,26,30). The number of benzene rings is 2. The molecule has 2 amide bonds. The van der Waals surface area contributed by atoms with Crippen molar-refractivity contribution < 1.29 is 18.7 Å². The van der Waals surface area contributed by atoms with Gasteiger partial charge in [-0.1, -0.05) is 12.1 Å². The Morgan fingerprint density at radius 3 is 2.81 bits per heavy atom. The minimum Gasteiger partial charge on any atom is -0.467 e. The van der Waals surface area contributed by atoms with Crippen molar-refractivity contribution in [1.82, 2.24) is 10.2 Å². The number of anilines is 1. The van der Waals surface area contributed by atoms with Gasteiger partial charge in [-0.25, -0.2) is 4.39 Å². The highest BCUT2D eigenvalue weighted by atomic mass is 19.1. The van der Waals surface area contributed by atoms with Crippen LogP contribution in [0.2, 0.25) is 0 Å². The maximum atomic E-state index is 13.6. The molecule has 7 heteroatoms. The number of carbonyl (C=O) groups excluding carboxylic acids is 2. The lowest BCUT2D eigenvalue weighted by atomic mass is 9.95. The lowest BCUT2D eigenvalue weighted by molar-refractivity contribution is -0.121. The van der Waals surface area contributed by atoms with E-state index < -0.39 is 5.72 Å². The number of nitrogens with zero attached hydrogens (tertiary/aromatic N) is 2. The topological polar surface area (TPSA) is 61.9 Å². The SMILES string of the molecule is CC1CCc2cc(F)ccc2N1C(=O)CN1CCC2(CC1)NC(=O)c1ccccc1O2. The molecular formula is C24H26FN3O3. The molecule has 1 spiro atoms. The summed E-state index contributed by atoms with van der Waals surface area (Å²) in [4.78, 5) is 29.6. The second kappa shape index (κ2) is 7.64. The van der Waals surface area contributed by atoms with E-state index in [1.54, 1.807) is 12.1 Å². The Hall–Kier alpha value is -2.93. The Morgan fingerprint density at radius 1 is 1.23 bits per heavy atom. The first-order chi connectivity index (χ1) is 14.9. The molecule has 3 aliphatic rings. The third-order valence-electron chi connectivity index (χ3n) is 6.64. The summed E-state index contributed by atoms with van der Waals surface area (Å²) in [5, 5.41) is 3.03. The molecule has 3 heterocycles. The Kier molecular flexibility index (Phi) is 4.93. The lowest BCUT2D eigenvalue weighted by Gasteiger charge is -2.45. The van der Waals surface area contributed by atoms with Gasteiger partial charge in [0.1, 0.15) is 11.6 Å². The van der Waals surface area contributed by atoms with Gasteiger partial charge in [-0.05, 0) is 55.7 Å². The van der Waals surface area contributed by atoms with E-state index in [2.05, 4.69) is 10.2 Å². The van der Waals surface area contributed by atoms with Gasteiger partial charge in [0.15, 0.2) is 5.72 Å². The maximum Gasteiger partial charge on any atom is 0.258 e. The van der Waals surface area contributed by atoms with Gasteiger partial charge in [0.05, 0.1) is 12.1 Å². The molecule has 0 saturated carbocycles. The van der Waals surface area contributed by atoms with Gasteiger partial charge < -0.3 is 15.0 Å². The highest BCUT2D eigenvalue weighted by Crippen LogP contribution is 2.34. The second-order valence-corrected chi connectivity index (χ2v) is 8.75. The molecule has 1 fully saturated rings. The number of para-hydroxylation sites is 1. The van der Waals surface area contributed by atoms with Gasteiger partial charge in [0.25, 0.3) is 5.91 Å². The van der Waals surface area contributed by atoms with Crippen molar-refractivity contribution in [3.63, 3.8) is 0 Å². The number of carbonyl (C=O) groups is 2. The molecule has 1 unspecified atom stereocenters. The van der Waals surface area contributed by atoms with E-state index in [0.717, 1.165) is 24.1 Å². The number of nitrogens with one attached hydrogen (secondary N) is 1. The summed E-state index contributed by atoms with van der Waals surface area (Å²) in [6.45, 7) is 3.62. The average Bonchev–Trinajstić information content (AvgIpc) is 2.75. The molecule has 1 saturated heterocycles. The Bertz CT molecular complexity index is 1030. The summed E-state index contributed by atoms with van der Waals surface area (Å²) >= 11 is 0. The summed E-state index contributed by atoms with van der Waals surface area (Å²) in [5.41, 5.74) is 1.55. The number of hydrogen-bond acceptors (Lipinski definition) is 4. The van der Waals surface area contributed by atoms with E-state index in [-0.39, 0.29) is 23.7 Å². The molecule has 0 aliphatic carbocycles. The second-order valence-electron chi connectivity index (χ2n) is 8.75. The summed E-state index contributed by atoms with van der Waals surface area (Å²) in [7, 11) is 0. The molecule has 5 rings (SSSR count). The Morgan fingerprint density at radius 2 is 2.00 bits per heavy atom. The molecular weight excluding hydrogens is 397 g/mol. The van der Waals surface area contributed by atoms with Crippen molar-refractivity contribution in [2.45, 2.75) is 44.4 Å². The van der Waals surface area contributed by atoms with Gasteiger partial charge in [-0.15, -0.1) is 0 Å². The number of likely N-dealkylation sites (tertiary alicyclic amines) is 1. The number of aryl methyl sites for hydroxylation is 1. The molecule has 1 N–H and O–H groups in total. The quantitative estimate of drug-likeness (QED) is 0.806. The summed E-state index contributed by atoms with van der Waals surface area (Å²) in [5.74, 6) is 0.257. The number of ether oxygens (including phenoxy) is 1. The van der Waals surface area contributed by atoms with Crippen LogP contribution < -0.4 is 15.0 Å². The van der Waals surface area contributed by atoms with Gasteiger partial charge in [-0.3, -0.25) is 14.5 Å². The monoisotopic (exact) mass is 423 g/mol. The van der Waals surface area contributed by atoms with E-state index in [1.807, 2.05) is 30.0 Å². The summed E-state index contributed by atoms with van der Waals surface area (Å²) < 4.78 is 19.8. The van der Waals surface area contributed by atoms with Crippen LogP contribution in [-0.4, -0.2) is 48.1 Å². The van der Waals surface area contributed by atoms with E-state index >= 15 is 0 Å². The van der Waals surface area contributed by atoms with Crippen molar-refractivity contribution >= 4 is 17.5 Å².